The fourth-order valence-corrected chi connectivity index (χ4v) is 8.20. The Morgan fingerprint density at radius 1 is 0.857 bits per heavy atom. The number of amides is 1. The lowest BCUT2D eigenvalue weighted by Gasteiger charge is -2.30. The summed E-state index contributed by atoms with van der Waals surface area (Å²) in [7, 11) is 0. The average Bonchev–Trinajstić information content (AvgIpc) is 3.45. The van der Waals surface area contributed by atoms with Gasteiger partial charge in [-0.05, 0) is 44.2 Å². The van der Waals surface area contributed by atoms with E-state index >= 15 is 0 Å². The van der Waals surface area contributed by atoms with Gasteiger partial charge in [-0.1, -0.05) is 106 Å². The van der Waals surface area contributed by atoms with Crippen LogP contribution in [-0.2, 0) is 9.59 Å². The van der Waals surface area contributed by atoms with Crippen molar-refractivity contribution in [1.82, 2.24) is 10.2 Å². The highest BCUT2D eigenvalue weighted by molar-refractivity contribution is 8.14. The van der Waals surface area contributed by atoms with E-state index in [1.165, 1.54) is 69.1 Å². The molecule has 42 heavy (non-hydrogen) atoms. The zero-order valence-corrected chi connectivity index (χ0v) is 26.4. The number of hydrogen-bond donors (Lipinski definition) is 2. The number of carbonyl (C=O) groups is 3. The summed E-state index contributed by atoms with van der Waals surface area (Å²) in [5.41, 5.74) is 0.598. The topological polar surface area (TPSA) is 86.7 Å². The fourth-order valence-electron chi connectivity index (χ4n) is 6.14. The second kappa shape index (κ2) is 17.1. The zero-order chi connectivity index (χ0) is 29.7. The first kappa shape index (κ1) is 32.6. The van der Waals surface area contributed by atoms with E-state index in [2.05, 4.69) is 5.32 Å². The minimum atomic E-state index is -0.977. The number of hydrogen-bond acceptors (Lipinski definition) is 6. The van der Waals surface area contributed by atoms with Crippen LogP contribution in [0.1, 0.15) is 87.9 Å². The second-order valence-corrected chi connectivity index (χ2v) is 14.2. The number of rotatable bonds is 9. The van der Waals surface area contributed by atoms with Gasteiger partial charge in [0.15, 0.2) is 0 Å². The maximum atomic E-state index is 12.9. The molecule has 1 heterocycles. The van der Waals surface area contributed by atoms with Crippen LogP contribution in [-0.4, -0.2) is 62.7 Å². The summed E-state index contributed by atoms with van der Waals surface area (Å²) in [6.45, 7) is 2.15. The Kier molecular flexibility index (Phi) is 13.3. The van der Waals surface area contributed by atoms with Gasteiger partial charge in [-0.3, -0.25) is 9.59 Å². The van der Waals surface area contributed by atoms with Crippen LogP contribution in [0.3, 0.4) is 0 Å². The summed E-state index contributed by atoms with van der Waals surface area (Å²) in [6.07, 6.45) is 15.0. The van der Waals surface area contributed by atoms with E-state index < -0.39 is 17.9 Å². The van der Waals surface area contributed by atoms with Crippen molar-refractivity contribution in [2.75, 3.05) is 12.3 Å². The summed E-state index contributed by atoms with van der Waals surface area (Å²) in [5, 5.41) is 13.4. The van der Waals surface area contributed by atoms with Gasteiger partial charge in [0.25, 0.3) is 0 Å². The van der Waals surface area contributed by atoms with Crippen molar-refractivity contribution < 1.29 is 19.5 Å². The Morgan fingerprint density at radius 3 is 1.95 bits per heavy atom. The van der Waals surface area contributed by atoms with Gasteiger partial charge in [0.05, 0.1) is 0 Å². The molecule has 0 radical (unpaired) electrons. The van der Waals surface area contributed by atoms with E-state index in [1.54, 1.807) is 43.0 Å². The van der Waals surface area contributed by atoms with Crippen molar-refractivity contribution in [3.63, 3.8) is 0 Å². The Morgan fingerprint density at radius 2 is 1.40 bits per heavy atom. The number of benzene rings is 2. The molecule has 3 fully saturated rings. The predicted molar refractivity (Wildman–Crippen MR) is 173 cm³/mol. The molecule has 8 heteroatoms. The molecule has 2 saturated carbocycles. The van der Waals surface area contributed by atoms with Gasteiger partial charge in [0, 0.05) is 46.0 Å². The van der Waals surface area contributed by atoms with Crippen LogP contribution in [0.5, 0.6) is 0 Å². The van der Waals surface area contributed by atoms with Crippen LogP contribution >= 0.6 is 23.5 Å². The quantitative estimate of drug-likeness (QED) is 0.308. The number of likely N-dealkylation sites (tertiary alicyclic amines) is 1. The highest BCUT2D eigenvalue weighted by Crippen LogP contribution is 2.34. The van der Waals surface area contributed by atoms with Crippen LogP contribution in [0.25, 0.3) is 0 Å². The molecule has 0 bridgehead atoms. The Hall–Kier alpha value is -2.29. The average molecular weight is 611 g/mol. The van der Waals surface area contributed by atoms with Crippen LogP contribution < -0.4 is 5.32 Å². The van der Waals surface area contributed by atoms with Crippen molar-refractivity contribution in [1.29, 1.82) is 0 Å². The summed E-state index contributed by atoms with van der Waals surface area (Å²) in [4.78, 5) is 39.5. The largest absolute Gasteiger partial charge is 0.480 e. The van der Waals surface area contributed by atoms with Crippen molar-refractivity contribution in [3.05, 3.63) is 66.2 Å². The Bertz CT molecular complexity index is 1100. The molecule has 1 saturated heterocycles. The van der Waals surface area contributed by atoms with Gasteiger partial charge in [-0.15, -0.1) is 11.8 Å². The molecular weight excluding hydrogens is 565 g/mol. The molecule has 2 aromatic rings. The van der Waals surface area contributed by atoms with Gasteiger partial charge in [0.1, 0.15) is 6.04 Å². The normalized spacial score (nSPS) is 22.2. The molecule has 2 aliphatic carbocycles. The SMILES string of the molecule is C1CCC(NC2CCCCC2)CC1.C[C@H](CSC(=O)c1ccccc1)C(=O)N1C[C@@H](Sc2ccccc2)C[C@H]1C(=O)O. The van der Waals surface area contributed by atoms with Crippen molar-refractivity contribution in [2.45, 2.75) is 106 Å². The van der Waals surface area contributed by atoms with E-state index in [4.69, 9.17) is 0 Å². The van der Waals surface area contributed by atoms with Gasteiger partial charge < -0.3 is 15.3 Å². The van der Waals surface area contributed by atoms with E-state index in [0.29, 0.717) is 24.3 Å². The van der Waals surface area contributed by atoms with Crippen LogP contribution in [0, 0.1) is 5.92 Å². The van der Waals surface area contributed by atoms with Crippen LogP contribution in [0.15, 0.2) is 65.6 Å². The number of nitrogens with one attached hydrogen (secondary N) is 1. The first-order valence-corrected chi connectivity index (χ1v) is 17.5. The minimum absolute atomic E-state index is 0.0354. The molecule has 6 nitrogen and oxygen atoms in total. The molecule has 3 aliphatic rings. The molecule has 0 spiro atoms. The highest BCUT2D eigenvalue weighted by atomic mass is 32.2. The molecule has 1 aliphatic heterocycles. The summed E-state index contributed by atoms with van der Waals surface area (Å²) >= 11 is 2.70. The number of carbonyl (C=O) groups excluding carboxylic acids is 2. The van der Waals surface area contributed by atoms with E-state index in [9.17, 15) is 19.5 Å². The number of carboxylic acids is 1. The molecule has 228 valence electrons. The summed E-state index contributed by atoms with van der Waals surface area (Å²) in [5.74, 6) is -1.29. The van der Waals surface area contributed by atoms with E-state index in [0.717, 1.165) is 28.7 Å². The molecule has 0 unspecified atom stereocenters. The third-order valence-electron chi connectivity index (χ3n) is 8.45. The molecule has 1 amide bonds. The van der Waals surface area contributed by atoms with Gasteiger partial charge in [-0.2, -0.15) is 0 Å². The first-order valence-electron chi connectivity index (χ1n) is 15.6. The smallest absolute Gasteiger partial charge is 0.326 e. The number of nitrogens with zero attached hydrogens (tertiary/aromatic N) is 1. The van der Waals surface area contributed by atoms with Crippen LogP contribution in [0.4, 0.5) is 0 Å². The third-order valence-corrected chi connectivity index (χ3v) is 10.8. The van der Waals surface area contributed by atoms with Crippen molar-refractivity contribution >= 4 is 40.5 Å². The molecule has 3 atom stereocenters. The fraction of sp³-hybridized carbons (Fsp3) is 0.559. The first-order chi connectivity index (χ1) is 20.4. The Balaban J connectivity index is 0.000000258. The molecule has 5 rings (SSSR count). The predicted octanol–water partition coefficient (Wildman–Crippen LogP) is 7.28. The number of thioether (sulfide) groups is 2. The van der Waals surface area contributed by atoms with Crippen molar-refractivity contribution in [2.24, 2.45) is 5.92 Å². The Labute approximate surface area is 259 Å². The molecule has 2 N–H and O–H groups in total. The summed E-state index contributed by atoms with van der Waals surface area (Å²) < 4.78 is 0. The standard InChI is InChI=1S/C22H23NO4S2.C12H23N/c1-15(14-28-22(27)16-8-4-2-5-9-16)20(24)23-13-18(12-19(23)21(25)26)29-17-10-6-3-7-11-17;1-3-7-11(8-4-1)13-12-9-5-2-6-10-12/h2-11,15,18-19H,12-14H2,1H3,(H,25,26);11-13H,1-10H2/t15-,18+,19+;/m1./s1. The van der Waals surface area contributed by atoms with Crippen LogP contribution in [0.2, 0.25) is 0 Å². The highest BCUT2D eigenvalue weighted by Gasteiger charge is 2.41. The van der Waals surface area contributed by atoms with Crippen molar-refractivity contribution in [3.8, 4) is 0 Å². The number of aliphatic carboxylic acids is 1. The number of carboxylic acid groups (broad SMARTS) is 1. The third kappa shape index (κ3) is 10.2. The lowest BCUT2D eigenvalue weighted by Crippen LogP contribution is -2.43. The van der Waals surface area contributed by atoms with Gasteiger partial charge in [0.2, 0.25) is 11.0 Å². The van der Waals surface area contributed by atoms with Gasteiger partial charge >= 0.3 is 5.97 Å². The maximum absolute atomic E-state index is 12.9. The lowest BCUT2D eigenvalue weighted by molar-refractivity contribution is -0.149. The van der Waals surface area contributed by atoms with E-state index in [1.807, 2.05) is 36.4 Å². The van der Waals surface area contributed by atoms with E-state index in [-0.39, 0.29) is 16.3 Å². The lowest BCUT2D eigenvalue weighted by atomic mass is 9.91. The molecule has 0 aromatic heterocycles. The molecule has 2 aromatic carbocycles. The zero-order valence-electron chi connectivity index (χ0n) is 24.8. The summed E-state index contributed by atoms with van der Waals surface area (Å²) in [6, 6.07) is 19.6. The maximum Gasteiger partial charge on any atom is 0.326 e. The monoisotopic (exact) mass is 610 g/mol. The van der Waals surface area contributed by atoms with Gasteiger partial charge in [-0.25, -0.2) is 4.79 Å². The minimum Gasteiger partial charge on any atom is -0.480 e. The molecular formula is C34H46N2O4S2. The second-order valence-electron chi connectivity index (χ2n) is 11.8.